The molecule has 2 aliphatic rings. The first-order valence-electron chi connectivity index (χ1n) is 5.45. The van der Waals surface area contributed by atoms with E-state index in [1.54, 1.807) is 0 Å². The lowest BCUT2D eigenvalue weighted by Gasteiger charge is -2.19. The molecular weight excluding hydrogens is 190 g/mol. The van der Waals surface area contributed by atoms with E-state index in [4.69, 9.17) is 5.73 Å². The second kappa shape index (κ2) is 3.34. The molecule has 3 rings (SSSR count). The van der Waals surface area contributed by atoms with E-state index >= 15 is 0 Å². The highest BCUT2D eigenvalue weighted by atomic mass is 15.2. The monoisotopic (exact) mass is 205 g/mol. The van der Waals surface area contributed by atoms with Gasteiger partial charge in [-0.05, 0) is 12.8 Å². The Morgan fingerprint density at radius 3 is 2.73 bits per heavy atom. The van der Waals surface area contributed by atoms with E-state index in [0.717, 1.165) is 37.7 Å². The van der Waals surface area contributed by atoms with Gasteiger partial charge in [-0.25, -0.2) is 4.98 Å². The largest absolute Gasteiger partial charge is 0.368 e. The molecule has 5 nitrogen and oxygen atoms in total. The summed E-state index contributed by atoms with van der Waals surface area (Å²) in [6.45, 7) is 3.90. The maximum Gasteiger partial charge on any atom is 0.222 e. The van der Waals surface area contributed by atoms with Crippen LogP contribution in [0.2, 0.25) is 0 Å². The molecule has 0 radical (unpaired) electrons. The van der Waals surface area contributed by atoms with Crippen LogP contribution in [0.4, 0.5) is 11.8 Å². The molecule has 0 unspecified atom stereocenters. The minimum atomic E-state index is 0.402. The molecule has 0 spiro atoms. The third kappa shape index (κ3) is 1.43. The Balaban J connectivity index is 2.05. The van der Waals surface area contributed by atoms with Crippen molar-refractivity contribution in [3.8, 4) is 0 Å². The molecule has 3 heterocycles. The Morgan fingerprint density at radius 2 is 1.93 bits per heavy atom. The number of rotatable bonds is 1. The summed E-state index contributed by atoms with van der Waals surface area (Å²) in [5.74, 6) is 1.46. The van der Waals surface area contributed by atoms with Crippen molar-refractivity contribution in [3.63, 3.8) is 0 Å². The number of nitrogens with zero attached hydrogens (tertiary/aromatic N) is 3. The van der Waals surface area contributed by atoms with Crippen molar-refractivity contribution in [2.75, 3.05) is 23.7 Å². The van der Waals surface area contributed by atoms with E-state index in [-0.39, 0.29) is 0 Å². The average Bonchev–Trinajstić information content (AvgIpc) is 2.86. The maximum absolute atomic E-state index is 5.72. The predicted molar refractivity (Wildman–Crippen MR) is 58.4 cm³/mol. The first-order chi connectivity index (χ1) is 7.34. The normalized spacial score (nSPS) is 19.6. The Hall–Kier alpha value is -1.36. The second-order valence-electron chi connectivity index (χ2n) is 4.13. The van der Waals surface area contributed by atoms with Gasteiger partial charge < -0.3 is 16.0 Å². The molecular formula is C10H15N5. The molecule has 1 fully saturated rings. The van der Waals surface area contributed by atoms with Gasteiger partial charge in [0.15, 0.2) is 0 Å². The number of hydrogen-bond acceptors (Lipinski definition) is 5. The molecule has 15 heavy (non-hydrogen) atoms. The van der Waals surface area contributed by atoms with E-state index in [1.165, 1.54) is 18.4 Å². The van der Waals surface area contributed by atoms with E-state index in [1.807, 2.05) is 0 Å². The molecule has 3 N–H and O–H groups in total. The number of nitrogen functional groups attached to an aromatic ring is 1. The molecule has 0 aromatic carbocycles. The van der Waals surface area contributed by atoms with Gasteiger partial charge in [-0.1, -0.05) is 0 Å². The summed E-state index contributed by atoms with van der Waals surface area (Å²) in [6, 6.07) is 0. The summed E-state index contributed by atoms with van der Waals surface area (Å²) < 4.78 is 0. The Labute approximate surface area is 88.7 Å². The average molecular weight is 205 g/mol. The summed E-state index contributed by atoms with van der Waals surface area (Å²) in [5, 5.41) is 3.29. The Kier molecular flexibility index (Phi) is 1.98. The first kappa shape index (κ1) is 8.91. The van der Waals surface area contributed by atoms with Crippen molar-refractivity contribution >= 4 is 11.8 Å². The van der Waals surface area contributed by atoms with Crippen LogP contribution in [0, 0.1) is 0 Å². The van der Waals surface area contributed by atoms with Crippen LogP contribution in [0.3, 0.4) is 0 Å². The van der Waals surface area contributed by atoms with Gasteiger partial charge in [0.2, 0.25) is 5.95 Å². The van der Waals surface area contributed by atoms with Gasteiger partial charge in [0.05, 0.1) is 5.69 Å². The van der Waals surface area contributed by atoms with Crippen LogP contribution in [-0.2, 0) is 13.1 Å². The highest BCUT2D eigenvalue weighted by Gasteiger charge is 2.23. The van der Waals surface area contributed by atoms with Gasteiger partial charge in [-0.2, -0.15) is 4.98 Å². The molecule has 0 atom stereocenters. The highest BCUT2D eigenvalue weighted by molar-refractivity contribution is 5.53. The van der Waals surface area contributed by atoms with Gasteiger partial charge in [-0.15, -0.1) is 0 Å². The third-order valence-corrected chi connectivity index (χ3v) is 3.09. The predicted octanol–water partition coefficient (Wildman–Crippen LogP) is 0.262. The van der Waals surface area contributed by atoms with Crippen molar-refractivity contribution in [2.45, 2.75) is 25.9 Å². The third-order valence-electron chi connectivity index (χ3n) is 3.09. The fourth-order valence-electron chi connectivity index (χ4n) is 2.36. The zero-order chi connectivity index (χ0) is 10.3. The zero-order valence-electron chi connectivity index (χ0n) is 8.66. The fourth-order valence-corrected chi connectivity index (χ4v) is 2.36. The van der Waals surface area contributed by atoms with E-state index < -0.39 is 0 Å². The van der Waals surface area contributed by atoms with Crippen molar-refractivity contribution in [1.29, 1.82) is 0 Å². The summed E-state index contributed by atoms with van der Waals surface area (Å²) >= 11 is 0. The number of anilines is 2. The lowest BCUT2D eigenvalue weighted by molar-refractivity contribution is 0.756. The van der Waals surface area contributed by atoms with Crippen LogP contribution in [0.15, 0.2) is 0 Å². The lowest BCUT2D eigenvalue weighted by atomic mass is 10.2. The van der Waals surface area contributed by atoms with Crippen molar-refractivity contribution < 1.29 is 0 Å². The quantitative estimate of drug-likeness (QED) is 0.688. The molecule has 1 saturated heterocycles. The first-order valence-corrected chi connectivity index (χ1v) is 5.45. The summed E-state index contributed by atoms with van der Waals surface area (Å²) in [6.07, 6.45) is 2.51. The molecule has 0 bridgehead atoms. The van der Waals surface area contributed by atoms with Gasteiger partial charge in [0, 0.05) is 31.7 Å². The van der Waals surface area contributed by atoms with Crippen LogP contribution in [0.5, 0.6) is 0 Å². The number of nitrogens with one attached hydrogen (secondary N) is 1. The topological polar surface area (TPSA) is 67.1 Å². The van der Waals surface area contributed by atoms with Crippen LogP contribution in [-0.4, -0.2) is 23.1 Å². The van der Waals surface area contributed by atoms with E-state index in [0.29, 0.717) is 5.95 Å². The maximum atomic E-state index is 5.72. The van der Waals surface area contributed by atoms with Crippen LogP contribution < -0.4 is 16.0 Å². The van der Waals surface area contributed by atoms with Crippen molar-refractivity contribution in [1.82, 2.24) is 15.3 Å². The van der Waals surface area contributed by atoms with Gasteiger partial charge in [0.25, 0.3) is 0 Å². The number of fused-ring (bicyclic) bond motifs is 1. The minimum Gasteiger partial charge on any atom is -0.368 e. The van der Waals surface area contributed by atoms with Crippen molar-refractivity contribution in [2.24, 2.45) is 0 Å². The Morgan fingerprint density at radius 1 is 1.13 bits per heavy atom. The SMILES string of the molecule is Nc1nc2c(c(N3CCCC3)n1)CNC2. The molecule has 1 aromatic rings. The van der Waals surface area contributed by atoms with Crippen LogP contribution in [0.1, 0.15) is 24.1 Å². The molecule has 0 amide bonds. The van der Waals surface area contributed by atoms with Gasteiger partial charge in [0.1, 0.15) is 5.82 Å². The summed E-state index contributed by atoms with van der Waals surface area (Å²) in [4.78, 5) is 11.0. The second-order valence-corrected chi connectivity index (χ2v) is 4.13. The molecule has 80 valence electrons. The number of aromatic nitrogens is 2. The minimum absolute atomic E-state index is 0.402. The van der Waals surface area contributed by atoms with Crippen molar-refractivity contribution in [3.05, 3.63) is 11.3 Å². The van der Waals surface area contributed by atoms with Gasteiger partial charge in [-0.3, -0.25) is 0 Å². The zero-order valence-corrected chi connectivity index (χ0v) is 8.66. The number of hydrogen-bond donors (Lipinski definition) is 2. The Bertz CT molecular complexity index is 384. The highest BCUT2D eigenvalue weighted by Crippen LogP contribution is 2.27. The molecule has 2 aliphatic heterocycles. The molecule has 1 aromatic heterocycles. The molecule has 0 aliphatic carbocycles. The summed E-state index contributed by atoms with van der Waals surface area (Å²) in [7, 11) is 0. The molecule has 0 saturated carbocycles. The fraction of sp³-hybridized carbons (Fsp3) is 0.600. The lowest BCUT2D eigenvalue weighted by Crippen LogP contribution is -2.22. The smallest absolute Gasteiger partial charge is 0.222 e. The van der Waals surface area contributed by atoms with Crippen LogP contribution in [0.25, 0.3) is 0 Å². The molecule has 5 heteroatoms. The number of nitrogens with two attached hydrogens (primary N) is 1. The van der Waals surface area contributed by atoms with E-state index in [9.17, 15) is 0 Å². The van der Waals surface area contributed by atoms with Gasteiger partial charge >= 0.3 is 0 Å². The van der Waals surface area contributed by atoms with E-state index in [2.05, 4.69) is 20.2 Å². The standard InChI is InChI=1S/C10H15N5/c11-10-13-8-6-12-5-7(8)9(14-10)15-3-1-2-4-15/h12H,1-6H2,(H2,11,13,14). The summed E-state index contributed by atoms with van der Waals surface area (Å²) in [5.41, 5.74) is 8.04. The van der Waals surface area contributed by atoms with Crippen LogP contribution >= 0.6 is 0 Å².